The number of carbonyl (C=O) groups excluding carboxylic acids is 6. The Bertz CT molecular complexity index is 1800. The predicted molar refractivity (Wildman–Crippen MR) is 221 cm³/mol. The largest absolute Gasteiger partial charge is 0.508 e. The van der Waals surface area contributed by atoms with Crippen LogP contribution in [0.1, 0.15) is 92.6 Å². The number of amides is 7. The number of nitrogens with zero attached hydrogens (tertiary/aromatic N) is 1. The Morgan fingerprint density at radius 3 is 2.21 bits per heavy atom. The fourth-order valence-corrected chi connectivity index (χ4v) is 7.50. The summed E-state index contributed by atoms with van der Waals surface area (Å²) in [7, 11) is 1.49. The van der Waals surface area contributed by atoms with Gasteiger partial charge in [-0.1, -0.05) is 60.8 Å². The smallest absolute Gasteiger partial charge is 0.326 e. The standard InChI is InChI=1S/C40H61BrN8O9/c1-9-20(4)30-38(55)49(8)32(22(6)11-3)37(54)45-29(19-26-25-18-24(50)15-16-27(25)44-33(26)41)35(52)42-17-13-12-14-28(36(53)43-23(7)34(51)47-30)46-40(58)48-31(39(56)57)21(5)10-2/h15-16,18,20-23,28-32,44,50H,9-14,17,19H2,1-8H3,(H,42,52)(H,43,53)(H,45,54)(H,47,51)(H,56,57)(H2,46,48,58). The summed E-state index contributed by atoms with van der Waals surface area (Å²) in [6, 6.07) is -2.94. The second-order valence-corrected chi connectivity index (χ2v) is 16.2. The lowest BCUT2D eigenvalue weighted by molar-refractivity contribution is -0.145. The highest BCUT2D eigenvalue weighted by molar-refractivity contribution is 9.10. The van der Waals surface area contributed by atoms with Gasteiger partial charge in [0.2, 0.25) is 29.5 Å². The number of likely N-dealkylation sites (N-methyl/N-ethyl adjacent to an activating group) is 1. The molecule has 1 aliphatic rings. The minimum atomic E-state index is -1.23. The van der Waals surface area contributed by atoms with Crippen LogP contribution < -0.4 is 31.9 Å². The fourth-order valence-electron chi connectivity index (χ4n) is 6.91. The van der Waals surface area contributed by atoms with Crippen LogP contribution >= 0.6 is 15.9 Å². The zero-order valence-corrected chi connectivity index (χ0v) is 36.2. The Kier molecular flexibility index (Phi) is 17.8. The third-order valence-electron chi connectivity index (χ3n) is 11.2. The molecule has 1 aliphatic heterocycles. The normalized spacial score (nSPS) is 24.1. The number of nitrogens with one attached hydrogen (secondary N) is 7. The van der Waals surface area contributed by atoms with Gasteiger partial charge in [0.25, 0.3) is 0 Å². The van der Waals surface area contributed by atoms with E-state index >= 15 is 0 Å². The van der Waals surface area contributed by atoms with Crippen molar-refractivity contribution in [2.75, 3.05) is 13.6 Å². The van der Waals surface area contributed by atoms with E-state index in [9.17, 15) is 43.8 Å². The number of aliphatic carboxylic acids is 1. The predicted octanol–water partition coefficient (Wildman–Crippen LogP) is 3.04. The maximum atomic E-state index is 14.3. The molecule has 0 bridgehead atoms. The molecule has 58 heavy (non-hydrogen) atoms. The maximum Gasteiger partial charge on any atom is 0.326 e. The van der Waals surface area contributed by atoms with Gasteiger partial charge in [-0.25, -0.2) is 9.59 Å². The van der Waals surface area contributed by atoms with Crippen molar-refractivity contribution in [1.82, 2.24) is 41.8 Å². The van der Waals surface area contributed by atoms with Crippen LogP contribution in [0.5, 0.6) is 5.75 Å². The number of benzene rings is 1. The van der Waals surface area contributed by atoms with E-state index in [2.05, 4.69) is 52.8 Å². The first-order valence-electron chi connectivity index (χ1n) is 20.1. The van der Waals surface area contributed by atoms with Gasteiger partial charge in [-0.15, -0.1) is 0 Å². The van der Waals surface area contributed by atoms with Crippen molar-refractivity contribution in [1.29, 1.82) is 0 Å². The molecule has 322 valence electrons. The Morgan fingerprint density at radius 1 is 0.914 bits per heavy atom. The lowest BCUT2D eigenvalue weighted by atomic mass is 9.93. The molecule has 0 spiro atoms. The average Bonchev–Trinajstić information content (AvgIpc) is 3.49. The number of rotatable bonds is 11. The third kappa shape index (κ3) is 12.3. The van der Waals surface area contributed by atoms with E-state index in [0.717, 1.165) is 0 Å². The second-order valence-electron chi connectivity index (χ2n) is 15.5. The van der Waals surface area contributed by atoms with Crippen LogP contribution in [0, 0.1) is 17.8 Å². The van der Waals surface area contributed by atoms with Crippen LogP contribution in [0.4, 0.5) is 4.79 Å². The Labute approximate surface area is 348 Å². The van der Waals surface area contributed by atoms with E-state index in [1.165, 1.54) is 24.9 Å². The van der Waals surface area contributed by atoms with Gasteiger partial charge in [0.1, 0.15) is 42.0 Å². The van der Waals surface area contributed by atoms with E-state index < -0.39 is 89.6 Å². The molecule has 0 radical (unpaired) electrons. The molecule has 0 aliphatic carbocycles. The molecule has 9 atom stereocenters. The summed E-state index contributed by atoms with van der Waals surface area (Å²) < 4.78 is 0.553. The van der Waals surface area contributed by atoms with Gasteiger partial charge in [0.05, 0.1) is 4.60 Å². The highest BCUT2D eigenvalue weighted by Gasteiger charge is 2.39. The number of phenols is 1. The van der Waals surface area contributed by atoms with Gasteiger partial charge in [-0.3, -0.25) is 24.0 Å². The lowest BCUT2D eigenvalue weighted by Crippen LogP contribution is -2.61. The van der Waals surface area contributed by atoms with Crippen molar-refractivity contribution in [2.24, 2.45) is 17.8 Å². The molecule has 9 N–H and O–H groups in total. The number of urea groups is 1. The van der Waals surface area contributed by atoms with Crippen LogP contribution in [-0.2, 0) is 35.2 Å². The van der Waals surface area contributed by atoms with Crippen molar-refractivity contribution >= 4 is 68.4 Å². The highest BCUT2D eigenvalue weighted by Crippen LogP contribution is 2.30. The summed E-state index contributed by atoms with van der Waals surface area (Å²) in [5.74, 6) is -5.38. The number of hydrogen-bond acceptors (Lipinski definition) is 8. The van der Waals surface area contributed by atoms with Gasteiger partial charge in [-0.2, -0.15) is 0 Å². The van der Waals surface area contributed by atoms with E-state index in [1.807, 2.05) is 20.8 Å². The van der Waals surface area contributed by atoms with Crippen molar-refractivity contribution in [3.63, 3.8) is 0 Å². The maximum absolute atomic E-state index is 14.3. The molecule has 9 unspecified atom stereocenters. The monoisotopic (exact) mass is 876 g/mol. The Hall–Kier alpha value is -4.87. The van der Waals surface area contributed by atoms with Gasteiger partial charge in [0, 0.05) is 30.9 Å². The van der Waals surface area contributed by atoms with Crippen molar-refractivity contribution in [2.45, 2.75) is 130 Å². The quantitative estimate of drug-likeness (QED) is 0.161. The van der Waals surface area contributed by atoms with Crippen LogP contribution in [0.3, 0.4) is 0 Å². The van der Waals surface area contributed by atoms with Crippen molar-refractivity contribution < 1.29 is 43.8 Å². The number of halogens is 1. The molecular formula is C40H61BrN8O9. The van der Waals surface area contributed by atoms with Crippen molar-refractivity contribution in [3.8, 4) is 5.75 Å². The first-order valence-corrected chi connectivity index (χ1v) is 20.9. The summed E-state index contributed by atoms with van der Waals surface area (Å²) in [4.78, 5) is 99.4. The summed E-state index contributed by atoms with van der Waals surface area (Å²) in [5.41, 5.74) is 1.32. The summed E-state index contributed by atoms with van der Waals surface area (Å²) in [6.07, 6.45) is 2.18. The second kappa shape index (κ2) is 21.8. The third-order valence-corrected chi connectivity index (χ3v) is 11.9. The molecule has 0 saturated carbocycles. The molecule has 3 rings (SSSR count). The molecule has 2 heterocycles. The summed E-state index contributed by atoms with van der Waals surface area (Å²) in [5, 5.41) is 36.8. The van der Waals surface area contributed by atoms with Gasteiger partial charge in [-0.05, 0) is 83.6 Å². The molecular weight excluding hydrogens is 816 g/mol. The van der Waals surface area contributed by atoms with E-state index in [-0.39, 0.29) is 31.1 Å². The zero-order chi connectivity index (χ0) is 43.4. The number of hydrogen-bond donors (Lipinski definition) is 9. The molecule has 2 aromatic rings. The molecule has 7 amide bonds. The number of carbonyl (C=O) groups is 7. The van der Waals surface area contributed by atoms with Gasteiger partial charge < -0.3 is 52.0 Å². The number of phenolic OH excluding ortho intramolecular Hbond substituents is 1. The highest BCUT2D eigenvalue weighted by atomic mass is 79.9. The van der Waals surface area contributed by atoms with Crippen molar-refractivity contribution in [3.05, 3.63) is 28.4 Å². The number of carboxylic acids is 1. The number of fused-ring (bicyclic) bond motifs is 1. The number of H-pyrrole nitrogens is 1. The number of aromatic hydroxyl groups is 1. The molecule has 1 aromatic carbocycles. The van der Waals surface area contributed by atoms with E-state index in [1.54, 1.807) is 32.9 Å². The SMILES string of the molecule is CCC(C)C(NC(=O)NC1CCCCNC(=O)C(Cc2c(Br)[nH]c3ccc(O)cc23)NC(=O)C(C(C)CC)N(C)C(=O)C(C(C)CC)NC(=O)C(C)NC1=O)C(=O)O. The number of aromatic amines is 1. The molecule has 18 heteroatoms. The summed E-state index contributed by atoms with van der Waals surface area (Å²) in [6.45, 7) is 12.4. The van der Waals surface area contributed by atoms with E-state index in [4.69, 9.17) is 0 Å². The lowest BCUT2D eigenvalue weighted by Gasteiger charge is -2.36. The van der Waals surface area contributed by atoms with Crippen LogP contribution in [-0.4, -0.2) is 111 Å². The Morgan fingerprint density at radius 2 is 1.59 bits per heavy atom. The molecule has 1 saturated heterocycles. The van der Waals surface area contributed by atoms with E-state index in [0.29, 0.717) is 53.2 Å². The first kappa shape index (κ1) is 47.5. The number of carboxylic acid groups (broad SMARTS) is 1. The molecule has 1 aromatic heterocycles. The zero-order valence-electron chi connectivity index (χ0n) is 34.7. The first-order chi connectivity index (χ1) is 27.3. The molecule has 17 nitrogen and oxygen atoms in total. The fraction of sp³-hybridized carbons (Fsp3) is 0.625. The topological polar surface area (TPSA) is 251 Å². The van der Waals surface area contributed by atoms with Crippen LogP contribution in [0.2, 0.25) is 0 Å². The van der Waals surface area contributed by atoms with Crippen LogP contribution in [0.15, 0.2) is 22.8 Å². The van der Waals surface area contributed by atoms with Crippen LogP contribution in [0.25, 0.3) is 10.9 Å². The minimum Gasteiger partial charge on any atom is -0.508 e. The summed E-state index contributed by atoms with van der Waals surface area (Å²) >= 11 is 3.53. The Balaban J connectivity index is 2.03. The van der Waals surface area contributed by atoms with Gasteiger partial charge >= 0.3 is 12.0 Å². The minimum absolute atomic E-state index is 0.00516. The average molecular weight is 878 g/mol. The van der Waals surface area contributed by atoms with Gasteiger partial charge in [0.15, 0.2) is 0 Å². The molecule has 1 fully saturated rings. The number of aromatic nitrogens is 1.